The van der Waals surface area contributed by atoms with Crippen molar-refractivity contribution in [3.8, 4) is 0 Å². The van der Waals surface area contributed by atoms with Gasteiger partial charge in [0.25, 0.3) is 5.91 Å². The first kappa shape index (κ1) is 17.7. The van der Waals surface area contributed by atoms with Crippen molar-refractivity contribution in [3.63, 3.8) is 0 Å². The fourth-order valence-electron chi connectivity index (χ4n) is 2.40. The largest absolute Gasteiger partial charge is 0.478 e. The van der Waals surface area contributed by atoms with Crippen LogP contribution in [0.15, 0.2) is 48.5 Å². The molecule has 5 heteroatoms. The lowest BCUT2D eigenvalue weighted by molar-refractivity contribution is 0.0696. The zero-order valence-corrected chi connectivity index (χ0v) is 14.0. The first-order chi connectivity index (χ1) is 11.5. The van der Waals surface area contributed by atoms with Gasteiger partial charge in [-0.15, -0.1) is 0 Å². The van der Waals surface area contributed by atoms with Gasteiger partial charge in [0.1, 0.15) is 0 Å². The van der Waals surface area contributed by atoms with E-state index in [-0.39, 0.29) is 11.5 Å². The van der Waals surface area contributed by atoms with E-state index in [1.807, 2.05) is 12.1 Å². The van der Waals surface area contributed by atoms with Crippen molar-refractivity contribution in [2.45, 2.75) is 20.4 Å². The van der Waals surface area contributed by atoms with Crippen LogP contribution in [0.25, 0.3) is 0 Å². The van der Waals surface area contributed by atoms with E-state index >= 15 is 0 Å². The van der Waals surface area contributed by atoms with Crippen LogP contribution in [0.5, 0.6) is 0 Å². The highest BCUT2D eigenvalue weighted by molar-refractivity contribution is 6.04. The van der Waals surface area contributed by atoms with Gasteiger partial charge in [-0.05, 0) is 49.0 Å². The smallest absolute Gasteiger partial charge is 0.335 e. The van der Waals surface area contributed by atoms with Crippen LogP contribution in [-0.2, 0) is 6.54 Å². The predicted octanol–water partition coefficient (Wildman–Crippen LogP) is 3.48. The Labute approximate surface area is 141 Å². The van der Waals surface area contributed by atoms with Crippen LogP contribution in [-0.4, -0.2) is 35.0 Å². The Balaban J connectivity index is 2.05. The molecule has 2 aromatic carbocycles. The lowest BCUT2D eigenvalue weighted by Crippen LogP contribution is -2.22. The molecule has 0 unspecified atom stereocenters. The van der Waals surface area contributed by atoms with Gasteiger partial charge in [-0.2, -0.15) is 0 Å². The standard InChI is InChI=1S/C19H22N2O3/c1-3-21(4-2)13-14-8-10-15(11-9-14)18(22)20-17-7-5-6-16(12-17)19(23)24/h5-12H,3-4,13H2,1-2H3,(H,20,22)(H,23,24). The van der Waals surface area contributed by atoms with Crippen molar-refractivity contribution in [3.05, 3.63) is 65.2 Å². The Kier molecular flexibility index (Phi) is 6.09. The minimum absolute atomic E-state index is 0.141. The summed E-state index contributed by atoms with van der Waals surface area (Å²) >= 11 is 0. The number of carbonyl (C=O) groups is 2. The maximum atomic E-state index is 12.3. The molecule has 0 saturated heterocycles. The highest BCUT2D eigenvalue weighted by Gasteiger charge is 2.09. The summed E-state index contributed by atoms with van der Waals surface area (Å²) in [5, 5.41) is 11.7. The van der Waals surface area contributed by atoms with Crippen molar-refractivity contribution in [2.24, 2.45) is 0 Å². The number of carbonyl (C=O) groups excluding carboxylic acids is 1. The summed E-state index contributed by atoms with van der Waals surface area (Å²) in [6.45, 7) is 7.07. The van der Waals surface area contributed by atoms with Crippen LogP contribution < -0.4 is 5.32 Å². The molecule has 2 N–H and O–H groups in total. The van der Waals surface area contributed by atoms with Crippen molar-refractivity contribution < 1.29 is 14.7 Å². The van der Waals surface area contributed by atoms with Crippen molar-refractivity contribution in [2.75, 3.05) is 18.4 Å². The van der Waals surface area contributed by atoms with Gasteiger partial charge in [0.15, 0.2) is 0 Å². The number of aromatic carboxylic acids is 1. The van der Waals surface area contributed by atoms with Crippen molar-refractivity contribution in [1.29, 1.82) is 0 Å². The van der Waals surface area contributed by atoms with Crippen LogP contribution >= 0.6 is 0 Å². The second-order valence-electron chi connectivity index (χ2n) is 5.50. The van der Waals surface area contributed by atoms with Gasteiger partial charge in [0, 0.05) is 17.8 Å². The summed E-state index contributed by atoms with van der Waals surface area (Å²) in [6.07, 6.45) is 0. The molecule has 0 aromatic heterocycles. The lowest BCUT2D eigenvalue weighted by Gasteiger charge is -2.18. The second kappa shape index (κ2) is 8.26. The number of nitrogens with zero attached hydrogens (tertiary/aromatic N) is 1. The molecule has 0 aliphatic carbocycles. The van der Waals surface area contributed by atoms with E-state index in [2.05, 4.69) is 24.1 Å². The number of rotatable bonds is 7. The molecule has 126 valence electrons. The third-order valence-corrected chi connectivity index (χ3v) is 3.88. The number of carboxylic acid groups (broad SMARTS) is 1. The van der Waals surface area contributed by atoms with Crippen LogP contribution in [0, 0.1) is 0 Å². The summed E-state index contributed by atoms with van der Waals surface area (Å²) in [5.41, 5.74) is 2.30. The SMILES string of the molecule is CCN(CC)Cc1ccc(C(=O)Nc2cccc(C(=O)O)c2)cc1. The number of benzene rings is 2. The molecule has 2 rings (SSSR count). The predicted molar refractivity (Wildman–Crippen MR) is 94.4 cm³/mol. The Morgan fingerprint density at radius 1 is 1.00 bits per heavy atom. The van der Waals surface area contributed by atoms with E-state index in [0.29, 0.717) is 11.3 Å². The summed E-state index contributed by atoms with van der Waals surface area (Å²) < 4.78 is 0. The molecule has 0 saturated carbocycles. The number of amides is 1. The van der Waals surface area contributed by atoms with Crippen LogP contribution in [0.1, 0.15) is 40.1 Å². The molecule has 2 aromatic rings. The summed E-state index contributed by atoms with van der Waals surface area (Å²) in [5.74, 6) is -1.28. The van der Waals surface area contributed by atoms with Crippen molar-refractivity contribution >= 4 is 17.6 Å². The van der Waals surface area contributed by atoms with Gasteiger partial charge in [0.2, 0.25) is 0 Å². The van der Waals surface area contributed by atoms with E-state index in [4.69, 9.17) is 5.11 Å². The minimum Gasteiger partial charge on any atom is -0.478 e. The molecule has 0 radical (unpaired) electrons. The van der Waals surface area contributed by atoms with E-state index in [9.17, 15) is 9.59 Å². The molecule has 5 nitrogen and oxygen atoms in total. The maximum Gasteiger partial charge on any atom is 0.335 e. The monoisotopic (exact) mass is 326 g/mol. The number of hydrogen-bond donors (Lipinski definition) is 2. The second-order valence-corrected chi connectivity index (χ2v) is 5.50. The number of hydrogen-bond acceptors (Lipinski definition) is 3. The number of nitrogens with one attached hydrogen (secondary N) is 1. The van der Waals surface area contributed by atoms with Gasteiger partial charge in [-0.3, -0.25) is 9.69 Å². The van der Waals surface area contributed by atoms with Gasteiger partial charge >= 0.3 is 5.97 Å². The minimum atomic E-state index is -1.02. The highest BCUT2D eigenvalue weighted by atomic mass is 16.4. The third kappa shape index (κ3) is 4.67. The fraction of sp³-hybridized carbons (Fsp3) is 0.263. The number of carboxylic acids is 1. The topological polar surface area (TPSA) is 69.6 Å². The fourth-order valence-corrected chi connectivity index (χ4v) is 2.40. The van der Waals surface area contributed by atoms with Gasteiger partial charge in [-0.1, -0.05) is 32.0 Å². The third-order valence-electron chi connectivity index (χ3n) is 3.88. The van der Waals surface area contributed by atoms with Crippen LogP contribution in [0.2, 0.25) is 0 Å². The number of anilines is 1. The molecule has 1 amide bonds. The molecular weight excluding hydrogens is 304 g/mol. The van der Waals surface area contributed by atoms with Gasteiger partial charge < -0.3 is 10.4 Å². The summed E-state index contributed by atoms with van der Waals surface area (Å²) in [6, 6.07) is 13.7. The van der Waals surface area contributed by atoms with E-state index in [1.165, 1.54) is 12.1 Å². The zero-order valence-electron chi connectivity index (χ0n) is 14.0. The Bertz CT molecular complexity index is 707. The molecule has 0 spiro atoms. The van der Waals surface area contributed by atoms with Gasteiger partial charge in [-0.25, -0.2) is 4.79 Å². The van der Waals surface area contributed by atoms with E-state index in [0.717, 1.165) is 25.2 Å². The first-order valence-corrected chi connectivity index (χ1v) is 7.99. The van der Waals surface area contributed by atoms with Gasteiger partial charge in [0.05, 0.1) is 5.56 Å². The maximum absolute atomic E-state index is 12.3. The zero-order chi connectivity index (χ0) is 17.5. The Morgan fingerprint density at radius 2 is 1.67 bits per heavy atom. The average Bonchev–Trinajstić information content (AvgIpc) is 2.60. The quantitative estimate of drug-likeness (QED) is 0.817. The molecule has 0 aliphatic rings. The molecule has 0 bridgehead atoms. The van der Waals surface area contributed by atoms with E-state index < -0.39 is 5.97 Å². The molecule has 24 heavy (non-hydrogen) atoms. The lowest BCUT2D eigenvalue weighted by atomic mass is 10.1. The summed E-state index contributed by atoms with van der Waals surface area (Å²) in [7, 11) is 0. The van der Waals surface area contributed by atoms with Crippen LogP contribution in [0.3, 0.4) is 0 Å². The Hall–Kier alpha value is -2.66. The van der Waals surface area contributed by atoms with E-state index in [1.54, 1.807) is 24.3 Å². The average molecular weight is 326 g/mol. The molecule has 0 heterocycles. The van der Waals surface area contributed by atoms with Crippen molar-refractivity contribution in [1.82, 2.24) is 4.90 Å². The summed E-state index contributed by atoms with van der Waals surface area (Å²) in [4.78, 5) is 25.5. The van der Waals surface area contributed by atoms with Crippen LogP contribution in [0.4, 0.5) is 5.69 Å². The normalized spacial score (nSPS) is 10.6. The molecule has 0 fully saturated rings. The molecule has 0 atom stereocenters. The molecule has 0 aliphatic heterocycles. The Morgan fingerprint density at radius 3 is 2.25 bits per heavy atom. The first-order valence-electron chi connectivity index (χ1n) is 7.99. The highest BCUT2D eigenvalue weighted by Crippen LogP contribution is 2.13. The molecular formula is C19H22N2O3.